The summed E-state index contributed by atoms with van der Waals surface area (Å²) in [5.41, 5.74) is 23.3. The van der Waals surface area contributed by atoms with Gasteiger partial charge in [-0.15, -0.1) is 0 Å². The van der Waals surface area contributed by atoms with Crippen LogP contribution in [0.3, 0.4) is 0 Å². The zero-order chi connectivity index (χ0) is 34.1. The molecule has 3 fully saturated rings. The van der Waals surface area contributed by atoms with Gasteiger partial charge in [0.1, 0.15) is 54.4 Å². The standard InChI is InChI=1S/C25H38N6O15/c26-12-15(35)18(10(4-32)42-22(12)41)44-23-13(27)16(36)19(11(5-33)43-23)45-24-14(28)17(37)20(38)25(6-34,46-24)9-3-7(30-31-29)1-2-8(9)21(39)40/h1-3,10-20,22-24,32-38,41H,4-6,26-28H2,(H,39,40)/t10-,11-,12-,13-,14-,15-,16-,17-,18?,19?,20+,22-,23+,24+,25+/m1/s1. The Morgan fingerprint density at radius 1 is 0.891 bits per heavy atom. The second kappa shape index (κ2) is 14.6. The van der Waals surface area contributed by atoms with E-state index in [1.54, 1.807) is 0 Å². The van der Waals surface area contributed by atoms with Crippen LogP contribution in [-0.4, -0.2) is 158 Å². The van der Waals surface area contributed by atoms with Gasteiger partial charge in [0, 0.05) is 16.2 Å². The second-order valence-corrected chi connectivity index (χ2v) is 11.1. The van der Waals surface area contributed by atoms with Crippen molar-refractivity contribution in [2.24, 2.45) is 22.3 Å². The molecule has 3 heterocycles. The molecule has 4 rings (SSSR count). The molecule has 15 atom stereocenters. The Bertz CT molecular complexity index is 1270. The van der Waals surface area contributed by atoms with Gasteiger partial charge in [-0.3, -0.25) is 0 Å². The van der Waals surface area contributed by atoms with Crippen LogP contribution in [-0.2, 0) is 29.3 Å². The fourth-order valence-electron chi connectivity index (χ4n) is 5.70. The average molecular weight is 663 g/mol. The van der Waals surface area contributed by atoms with Crippen molar-refractivity contribution in [3.8, 4) is 0 Å². The largest absolute Gasteiger partial charge is 0.478 e. The van der Waals surface area contributed by atoms with Crippen molar-refractivity contribution >= 4 is 11.7 Å². The third-order valence-corrected chi connectivity index (χ3v) is 8.32. The number of ether oxygens (including phenoxy) is 5. The Morgan fingerprint density at radius 2 is 1.46 bits per heavy atom. The molecule has 2 unspecified atom stereocenters. The molecule has 3 saturated heterocycles. The number of hydrogen-bond donors (Lipinski definition) is 12. The maximum atomic E-state index is 12.1. The first-order valence-corrected chi connectivity index (χ1v) is 14.0. The highest BCUT2D eigenvalue weighted by Gasteiger charge is 2.57. The van der Waals surface area contributed by atoms with E-state index in [2.05, 4.69) is 10.0 Å². The molecule has 0 amide bonds. The molecule has 0 saturated carbocycles. The van der Waals surface area contributed by atoms with Crippen LogP contribution in [0.2, 0.25) is 0 Å². The van der Waals surface area contributed by atoms with Gasteiger partial charge in [-0.2, -0.15) is 0 Å². The summed E-state index contributed by atoms with van der Waals surface area (Å²) in [5.74, 6) is -1.53. The Hall–Kier alpha value is -2.64. The maximum absolute atomic E-state index is 12.1. The third-order valence-electron chi connectivity index (χ3n) is 8.32. The van der Waals surface area contributed by atoms with E-state index in [-0.39, 0.29) is 5.69 Å². The highest BCUT2D eigenvalue weighted by atomic mass is 16.7. The lowest BCUT2D eigenvalue weighted by molar-refractivity contribution is -0.363. The molecular formula is C25H38N6O15. The SMILES string of the molecule is [N-]=[N+]=Nc1ccc(C(=O)O)c([C@]2(CO)O[C@H](OC3[C@@H](CO)O[C@@H](OC4[C@@H](CO)O[C@@H](O)[C@H](N)[C@H]4O)[C@H](N)[C@H]3O)[C@H](N)[C@@H](O)[C@@H]2O)c1. The number of hydrogen-bond acceptors (Lipinski definition) is 18. The van der Waals surface area contributed by atoms with Crippen molar-refractivity contribution in [3.05, 3.63) is 39.8 Å². The first-order valence-electron chi connectivity index (χ1n) is 14.0. The number of benzene rings is 1. The van der Waals surface area contributed by atoms with Gasteiger partial charge < -0.3 is 86.8 Å². The average Bonchev–Trinajstić information content (AvgIpc) is 3.04. The Labute approximate surface area is 259 Å². The van der Waals surface area contributed by atoms with Crippen molar-refractivity contribution in [1.82, 2.24) is 0 Å². The summed E-state index contributed by atoms with van der Waals surface area (Å²) in [6, 6.07) is -1.26. The molecule has 21 heteroatoms. The lowest BCUT2D eigenvalue weighted by Crippen LogP contribution is -2.70. The van der Waals surface area contributed by atoms with Gasteiger partial charge in [0.05, 0.1) is 43.5 Å². The van der Waals surface area contributed by atoms with Gasteiger partial charge in [0.15, 0.2) is 18.9 Å². The first kappa shape index (κ1) is 36.2. The van der Waals surface area contributed by atoms with Crippen molar-refractivity contribution in [1.29, 1.82) is 0 Å². The molecule has 0 aromatic heterocycles. The van der Waals surface area contributed by atoms with E-state index in [0.29, 0.717) is 0 Å². The van der Waals surface area contributed by atoms with Gasteiger partial charge in [0.25, 0.3) is 0 Å². The Kier molecular flexibility index (Phi) is 11.5. The Morgan fingerprint density at radius 3 is 2.02 bits per heavy atom. The summed E-state index contributed by atoms with van der Waals surface area (Å²) >= 11 is 0. The van der Waals surface area contributed by atoms with E-state index in [1.807, 2.05) is 0 Å². The summed E-state index contributed by atoms with van der Waals surface area (Å²) in [4.78, 5) is 14.7. The topological polar surface area (TPSA) is 372 Å². The fourth-order valence-corrected chi connectivity index (χ4v) is 5.70. The molecule has 1 aromatic carbocycles. The molecule has 15 N–H and O–H groups in total. The number of aliphatic hydroxyl groups is 8. The first-order chi connectivity index (χ1) is 21.8. The van der Waals surface area contributed by atoms with Crippen LogP contribution in [0.25, 0.3) is 10.4 Å². The predicted molar refractivity (Wildman–Crippen MR) is 147 cm³/mol. The molecule has 21 nitrogen and oxygen atoms in total. The van der Waals surface area contributed by atoms with Crippen LogP contribution in [0.15, 0.2) is 23.3 Å². The minimum Gasteiger partial charge on any atom is -0.478 e. The van der Waals surface area contributed by atoms with E-state index in [1.165, 1.54) is 0 Å². The van der Waals surface area contributed by atoms with Crippen molar-refractivity contribution < 1.29 is 74.4 Å². The van der Waals surface area contributed by atoms with Crippen LogP contribution < -0.4 is 17.2 Å². The van der Waals surface area contributed by atoms with E-state index >= 15 is 0 Å². The molecule has 0 bridgehead atoms. The summed E-state index contributed by atoms with van der Waals surface area (Å²) < 4.78 is 28.3. The van der Waals surface area contributed by atoms with Gasteiger partial charge in [-0.05, 0) is 17.7 Å². The van der Waals surface area contributed by atoms with Gasteiger partial charge >= 0.3 is 5.97 Å². The van der Waals surface area contributed by atoms with Gasteiger partial charge in [-0.1, -0.05) is 11.2 Å². The van der Waals surface area contributed by atoms with E-state index < -0.39 is 128 Å². The summed E-state index contributed by atoms with van der Waals surface area (Å²) in [5, 5.41) is 97.0. The van der Waals surface area contributed by atoms with Crippen LogP contribution in [0.5, 0.6) is 0 Å². The minimum atomic E-state index is -2.45. The van der Waals surface area contributed by atoms with E-state index in [4.69, 9.17) is 46.4 Å². The number of rotatable bonds is 10. The van der Waals surface area contributed by atoms with E-state index in [0.717, 1.165) is 18.2 Å². The highest BCUT2D eigenvalue weighted by molar-refractivity contribution is 5.90. The van der Waals surface area contributed by atoms with Gasteiger partial charge in [0.2, 0.25) is 0 Å². The van der Waals surface area contributed by atoms with Gasteiger partial charge in [-0.25, -0.2) is 4.79 Å². The minimum absolute atomic E-state index is 0.131. The zero-order valence-corrected chi connectivity index (χ0v) is 24.0. The number of aromatic carboxylic acids is 1. The molecule has 3 aliphatic rings. The molecule has 0 aliphatic carbocycles. The van der Waals surface area contributed by atoms with Crippen molar-refractivity contribution in [3.63, 3.8) is 0 Å². The number of aliphatic hydroxyl groups excluding tert-OH is 8. The van der Waals surface area contributed by atoms with Crippen molar-refractivity contribution in [2.75, 3.05) is 19.8 Å². The summed E-state index contributed by atoms with van der Waals surface area (Å²) in [6.45, 7) is -2.73. The number of carbonyl (C=O) groups is 1. The van der Waals surface area contributed by atoms with Crippen molar-refractivity contribution in [2.45, 2.75) is 91.4 Å². The van der Waals surface area contributed by atoms with E-state index in [9.17, 15) is 50.8 Å². The predicted octanol–water partition coefficient (Wildman–Crippen LogP) is -5.51. The Balaban J connectivity index is 1.62. The van der Waals surface area contributed by atoms with Crippen LogP contribution in [0.1, 0.15) is 15.9 Å². The lowest BCUT2D eigenvalue weighted by Gasteiger charge is -2.51. The number of azide groups is 1. The molecule has 0 radical (unpaired) electrons. The van der Waals surface area contributed by atoms with Crippen LogP contribution >= 0.6 is 0 Å². The van der Waals surface area contributed by atoms with Crippen LogP contribution in [0.4, 0.5) is 5.69 Å². The third kappa shape index (κ3) is 6.56. The number of carboxylic acid groups (broad SMARTS) is 1. The molecule has 46 heavy (non-hydrogen) atoms. The summed E-state index contributed by atoms with van der Waals surface area (Å²) in [7, 11) is 0. The zero-order valence-electron chi connectivity index (χ0n) is 24.0. The molecular weight excluding hydrogens is 624 g/mol. The molecule has 258 valence electrons. The molecule has 3 aliphatic heterocycles. The number of carboxylic acids is 1. The molecule has 1 aromatic rings. The number of nitrogens with two attached hydrogens (primary N) is 3. The quantitative estimate of drug-likeness (QED) is 0.0631. The maximum Gasteiger partial charge on any atom is 0.336 e. The highest BCUT2D eigenvalue weighted by Crippen LogP contribution is 2.42. The second-order valence-electron chi connectivity index (χ2n) is 11.1. The summed E-state index contributed by atoms with van der Waals surface area (Å²) in [6.07, 6.45) is -18.2. The monoisotopic (exact) mass is 662 g/mol. The smallest absolute Gasteiger partial charge is 0.336 e. The molecule has 0 spiro atoms. The lowest BCUT2D eigenvalue weighted by atomic mass is 9.79. The number of nitrogens with zero attached hydrogens (tertiary/aromatic N) is 3. The van der Waals surface area contributed by atoms with Crippen LogP contribution in [0, 0.1) is 0 Å². The normalized spacial score (nSPS) is 43.1. The fraction of sp³-hybridized carbons (Fsp3) is 0.720.